The van der Waals surface area contributed by atoms with Gasteiger partial charge in [-0.05, 0) is 20.3 Å². The van der Waals surface area contributed by atoms with Crippen LogP contribution in [0.15, 0.2) is 15.8 Å². The van der Waals surface area contributed by atoms with Crippen LogP contribution in [0.2, 0.25) is 0 Å². The zero-order valence-corrected chi connectivity index (χ0v) is 14.4. The van der Waals surface area contributed by atoms with Crippen LogP contribution in [0.5, 0.6) is 0 Å². The molecule has 0 aliphatic carbocycles. The molecule has 1 aromatic rings. The van der Waals surface area contributed by atoms with Crippen molar-refractivity contribution in [2.24, 2.45) is 0 Å². The minimum Gasteiger partial charge on any atom is -0.387 e. The first kappa shape index (κ1) is 17.9. The second-order valence-electron chi connectivity index (χ2n) is 6.26. The first-order valence-electron chi connectivity index (χ1n) is 7.19. The quantitative estimate of drug-likeness (QED) is 0.702. The molecule has 10 heteroatoms. The van der Waals surface area contributed by atoms with Crippen molar-refractivity contribution in [2.45, 2.75) is 31.9 Å². The maximum absolute atomic E-state index is 12.2. The van der Waals surface area contributed by atoms with Gasteiger partial charge in [0.1, 0.15) is 0 Å². The smallest absolute Gasteiger partial charge is 0.328 e. The Kier molecular flexibility index (Phi) is 4.55. The van der Waals surface area contributed by atoms with Gasteiger partial charge in [0.25, 0.3) is 15.8 Å². The molecule has 1 saturated heterocycles. The van der Waals surface area contributed by atoms with Gasteiger partial charge in [0.15, 0.2) is 0 Å². The number of hydrogen-bond acceptors (Lipinski definition) is 5. The fourth-order valence-electron chi connectivity index (χ4n) is 2.80. The van der Waals surface area contributed by atoms with Gasteiger partial charge in [0.05, 0.1) is 11.6 Å². The van der Waals surface area contributed by atoms with E-state index in [4.69, 9.17) is 0 Å². The number of β-amino-alcohol motifs (C(OH)–C–C–N with tert-alkyl or cyclic N) is 1. The van der Waals surface area contributed by atoms with Gasteiger partial charge in [-0.1, -0.05) is 0 Å². The van der Waals surface area contributed by atoms with E-state index in [9.17, 15) is 23.1 Å². The number of aryl methyl sites for hydroxylation is 1. The Morgan fingerprint density at radius 3 is 2.52 bits per heavy atom. The van der Waals surface area contributed by atoms with Crippen molar-refractivity contribution in [3.05, 3.63) is 32.6 Å². The minimum absolute atomic E-state index is 0.136. The first-order chi connectivity index (χ1) is 10.5. The maximum atomic E-state index is 12.2. The molecule has 2 heterocycles. The SMILES string of the molecule is Cc1cn([C@H]2CCN(S(=O)(=O)N(C)C)C[C@]2(C)O)c(=O)[nH]c1=O. The lowest BCUT2D eigenvalue weighted by Crippen LogP contribution is -2.57. The van der Waals surface area contributed by atoms with E-state index in [2.05, 4.69) is 4.98 Å². The van der Waals surface area contributed by atoms with Gasteiger partial charge in [0, 0.05) is 38.9 Å². The summed E-state index contributed by atoms with van der Waals surface area (Å²) in [6.07, 6.45) is 1.65. The van der Waals surface area contributed by atoms with Crippen molar-refractivity contribution in [3.8, 4) is 0 Å². The Morgan fingerprint density at radius 2 is 2.00 bits per heavy atom. The van der Waals surface area contributed by atoms with Gasteiger partial charge in [-0.2, -0.15) is 17.0 Å². The average molecular weight is 346 g/mol. The van der Waals surface area contributed by atoms with E-state index in [1.807, 2.05) is 0 Å². The van der Waals surface area contributed by atoms with Gasteiger partial charge in [-0.25, -0.2) is 4.79 Å². The van der Waals surface area contributed by atoms with Crippen LogP contribution in [0.4, 0.5) is 0 Å². The summed E-state index contributed by atoms with van der Waals surface area (Å²) >= 11 is 0. The third kappa shape index (κ3) is 3.25. The summed E-state index contributed by atoms with van der Waals surface area (Å²) in [6.45, 7) is 3.09. The second-order valence-corrected chi connectivity index (χ2v) is 8.41. The molecule has 1 aromatic heterocycles. The van der Waals surface area contributed by atoms with Crippen molar-refractivity contribution in [1.82, 2.24) is 18.2 Å². The van der Waals surface area contributed by atoms with Gasteiger partial charge in [0.2, 0.25) is 0 Å². The number of aromatic amines is 1. The first-order valence-corrected chi connectivity index (χ1v) is 8.58. The van der Waals surface area contributed by atoms with Crippen molar-refractivity contribution in [3.63, 3.8) is 0 Å². The summed E-state index contributed by atoms with van der Waals surface area (Å²) in [5.74, 6) is 0. The van der Waals surface area contributed by atoms with Crippen LogP contribution >= 0.6 is 0 Å². The van der Waals surface area contributed by atoms with Gasteiger partial charge < -0.3 is 5.11 Å². The number of rotatable bonds is 3. The monoisotopic (exact) mass is 346 g/mol. The van der Waals surface area contributed by atoms with E-state index in [0.29, 0.717) is 5.56 Å². The summed E-state index contributed by atoms with van der Waals surface area (Å²) in [4.78, 5) is 25.7. The molecule has 23 heavy (non-hydrogen) atoms. The highest BCUT2D eigenvalue weighted by Gasteiger charge is 2.43. The molecule has 0 amide bonds. The van der Waals surface area contributed by atoms with Crippen LogP contribution in [0, 0.1) is 6.92 Å². The fraction of sp³-hybridized carbons (Fsp3) is 0.692. The number of H-pyrrole nitrogens is 1. The van der Waals surface area contributed by atoms with Crippen molar-refractivity contribution >= 4 is 10.2 Å². The zero-order valence-electron chi connectivity index (χ0n) is 13.6. The van der Waals surface area contributed by atoms with Gasteiger partial charge >= 0.3 is 5.69 Å². The Balaban J connectivity index is 2.38. The second kappa shape index (κ2) is 5.86. The van der Waals surface area contributed by atoms with Gasteiger partial charge in [-0.15, -0.1) is 0 Å². The highest BCUT2D eigenvalue weighted by atomic mass is 32.2. The highest BCUT2D eigenvalue weighted by Crippen LogP contribution is 2.32. The maximum Gasteiger partial charge on any atom is 0.328 e. The summed E-state index contributed by atoms with van der Waals surface area (Å²) in [5.41, 5.74) is -2.19. The van der Waals surface area contributed by atoms with Crippen molar-refractivity contribution < 1.29 is 13.5 Å². The number of hydrogen-bond donors (Lipinski definition) is 2. The molecular formula is C13H22N4O5S. The normalized spacial score (nSPS) is 26.6. The molecule has 0 aromatic carbocycles. The lowest BCUT2D eigenvalue weighted by atomic mass is 9.90. The molecular weight excluding hydrogens is 324 g/mol. The van der Waals surface area contributed by atoms with Gasteiger partial charge in [-0.3, -0.25) is 14.3 Å². The summed E-state index contributed by atoms with van der Waals surface area (Å²) in [7, 11) is -0.795. The third-order valence-corrected chi connectivity index (χ3v) is 6.02. The largest absolute Gasteiger partial charge is 0.387 e. The summed E-state index contributed by atoms with van der Waals surface area (Å²) < 4.78 is 28.0. The van der Waals surface area contributed by atoms with Crippen LogP contribution in [0.1, 0.15) is 24.9 Å². The molecule has 1 aliphatic heterocycles. The third-order valence-electron chi connectivity index (χ3n) is 4.14. The average Bonchev–Trinajstić information content (AvgIpc) is 2.42. The molecule has 130 valence electrons. The predicted molar refractivity (Wildman–Crippen MR) is 84.5 cm³/mol. The van der Waals surface area contributed by atoms with Crippen molar-refractivity contribution in [1.29, 1.82) is 0 Å². The molecule has 2 rings (SSSR count). The molecule has 2 atom stereocenters. The minimum atomic E-state index is -3.64. The fourth-order valence-corrected chi connectivity index (χ4v) is 4.03. The van der Waals surface area contributed by atoms with E-state index < -0.39 is 33.1 Å². The number of aliphatic hydroxyl groups is 1. The van der Waals surface area contributed by atoms with Crippen LogP contribution < -0.4 is 11.2 Å². The Hall–Kier alpha value is -1.49. The molecule has 1 fully saturated rings. The van der Waals surface area contributed by atoms with E-state index in [0.717, 1.165) is 4.31 Å². The molecule has 0 saturated carbocycles. The zero-order chi connectivity index (χ0) is 17.6. The number of aromatic nitrogens is 2. The molecule has 9 nitrogen and oxygen atoms in total. The molecule has 0 radical (unpaired) electrons. The predicted octanol–water partition coefficient (Wildman–Crippen LogP) is -1.35. The van der Waals surface area contributed by atoms with Crippen LogP contribution in [-0.2, 0) is 10.2 Å². The molecule has 0 spiro atoms. The lowest BCUT2D eigenvalue weighted by Gasteiger charge is -2.43. The van der Waals surface area contributed by atoms with E-state index in [-0.39, 0.29) is 19.5 Å². The van der Waals surface area contributed by atoms with Crippen molar-refractivity contribution in [2.75, 3.05) is 27.2 Å². The summed E-state index contributed by atoms with van der Waals surface area (Å²) in [6, 6.07) is -0.626. The van der Waals surface area contributed by atoms with E-state index in [1.54, 1.807) is 6.92 Å². The molecule has 0 unspecified atom stereocenters. The molecule has 0 bridgehead atoms. The summed E-state index contributed by atoms with van der Waals surface area (Å²) in [5, 5.41) is 10.7. The Labute approximate surface area is 134 Å². The highest BCUT2D eigenvalue weighted by molar-refractivity contribution is 7.86. The topological polar surface area (TPSA) is 116 Å². The number of piperidine rings is 1. The van der Waals surface area contributed by atoms with E-state index in [1.165, 1.54) is 36.1 Å². The number of nitrogens with zero attached hydrogens (tertiary/aromatic N) is 3. The lowest BCUT2D eigenvalue weighted by molar-refractivity contribution is -0.0382. The number of nitrogens with one attached hydrogen (secondary N) is 1. The van der Waals surface area contributed by atoms with Crippen LogP contribution in [0.25, 0.3) is 0 Å². The Bertz CT molecular complexity index is 808. The van der Waals surface area contributed by atoms with Crippen LogP contribution in [0.3, 0.4) is 0 Å². The van der Waals surface area contributed by atoms with E-state index >= 15 is 0 Å². The molecule has 1 aliphatic rings. The Morgan fingerprint density at radius 1 is 1.39 bits per heavy atom. The molecule has 2 N–H and O–H groups in total. The van der Waals surface area contributed by atoms with Crippen LogP contribution in [-0.4, -0.2) is 64.5 Å². The standard InChI is InChI=1S/C13H22N4O5S/c1-9-7-17(12(19)14-11(9)18)10-5-6-16(8-13(10,2)20)23(21,22)15(3)4/h7,10,20H,5-6,8H2,1-4H3,(H,14,18,19)/t10-,13-/m0/s1.